The topological polar surface area (TPSA) is 35.2 Å². The summed E-state index contributed by atoms with van der Waals surface area (Å²) in [5.41, 5.74) is 5.69. The Balaban J connectivity index is 2.03. The summed E-state index contributed by atoms with van der Waals surface area (Å²) in [5, 5.41) is 1.12. The van der Waals surface area contributed by atoms with Crippen molar-refractivity contribution in [2.24, 2.45) is 11.1 Å². The summed E-state index contributed by atoms with van der Waals surface area (Å²) in [6, 6.07) is 3.44. The molecule has 2 rings (SSSR count). The Kier molecular flexibility index (Phi) is 4.42. The van der Waals surface area contributed by atoms with Crippen molar-refractivity contribution in [1.82, 2.24) is 0 Å². The molecule has 1 aromatic rings. The number of halogens is 3. The van der Waals surface area contributed by atoms with Gasteiger partial charge in [-0.25, -0.2) is 0 Å². The van der Waals surface area contributed by atoms with E-state index in [9.17, 15) is 0 Å². The highest BCUT2D eigenvalue weighted by Gasteiger charge is 2.44. The molecule has 1 saturated carbocycles. The van der Waals surface area contributed by atoms with Crippen LogP contribution in [0.3, 0.4) is 0 Å². The standard InChI is InChI=1S/C12H12BrCl2NOS/c13-7-3-9(15)10(4-8(7)14)17-6-12(1-2-12)5-11(16)18/h3-4H,1-2,5-6H2,(H2,16,18). The summed E-state index contributed by atoms with van der Waals surface area (Å²) < 4.78 is 6.50. The van der Waals surface area contributed by atoms with Gasteiger partial charge < -0.3 is 10.5 Å². The summed E-state index contributed by atoms with van der Waals surface area (Å²) in [5.74, 6) is 0.596. The van der Waals surface area contributed by atoms with Crippen LogP contribution in [0.15, 0.2) is 16.6 Å². The minimum absolute atomic E-state index is 0.106. The van der Waals surface area contributed by atoms with E-state index in [4.69, 9.17) is 45.9 Å². The van der Waals surface area contributed by atoms with Crippen molar-refractivity contribution in [1.29, 1.82) is 0 Å². The van der Waals surface area contributed by atoms with Gasteiger partial charge in [-0.2, -0.15) is 0 Å². The second-order valence-electron chi connectivity index (χ2n) is 4.63. The molecule has 0 bridgehead atoms. The van der Waals surface area contributed by atoms with E-state index in [2.05, 4.69) is 15.9 Å². The molecule has 18 heavy (non-hydrogen) atoms. The molecule has 0 heterocycles. The zero-order valence-electron chi connectivity index (χ0n) is 9.51. The first-order valence-electron chi connectivity index (χ1n) is 5.48. The Labute approximate surface area is 130 Å². The van der Waals surface area contributed by atoms with Crippen LogP contribution in [-0.2, 0) is 0 Å². The highest BCUT2D eigenvalue weighted by molar-refractivity contribution is 9.10. The molecule has 1 aliphatic carbocycles. The van der Waals surface area contributed by atoms with E-state index in [1.54, 1.807) is 12.1 Å². The minimum atomic E-state index is 0.106. The molecule has 0 amide bonds. The minimum Gasteiger partial charge on any atom is -0.491 e. The van der Waals surface area contributed by atoms with Gasteiger partial charge in [0, 0.05) is 22.4 Å². The van der Waals surface area contributed by atoms with Gasteiger partial charge in [0.2, 0.25) is 0 Å². The quantitative estimate of drug-likeness (QED) is 0.609. The molecule has 2 nitrogen and oxygen atoms in total. The number of hydrogen-bond acceptors (Lipinski definition) is 2. The van der Waals surface area contributed by atoms with Crippen LogP contribution in [0.1, 0.15) is 19.3 Å². The van der Waals surface area contributed by atoms with Gasteiger partial charge in [0.05, 0.1) is 21.6 Å². The third-order valence-corrected chi connectivity index (χ3v) is 4.65. The number of rotatable bonds is 5. The SMILES string of the molecule is NC(=S)CC1(COc2cc(Cl)c(Br)cc2Cl)CC1. The van der Waals surface area contributed by atoms with Crippen LogP contribution >= 0.6 is 51.3 Å². The maximum Gasteiger partial charge on any atom is 0.139 e. The lowest BCUT2D eigenvalue weighted by atomic mass is 10.0. The van der Waals surface area contributed by atoms with Crippen molar-refractivity contribution >= 4 is 56.3 Å². The normalized spacial score (nSPS) is 16.4. The van der Waals surface area contributed by atoms with E-state index in [0.717, 1.165) is 23.7 Å². The van der Waals surface area contributed by atoms with Gasteiger partial charge in [-0.1, -0.05) is 35.4 Å². The van der Waals surface area contributed by atoms with Crippen LogP contribution in [0, 0.1) is 5.41 Å². The van der Waals surface area contributed by atoms with Gasteiger partial charge >= 0.3 is 0 Å². The van der Waals surface area contributed by atoms with E-state index < -0.39 is 0 Å². The zero-order valence-corrected chi connectivity index (χ0v) is 13.4. The Morgan fingerprint density at radius 2 is 2.06 bits per heavy atom. The molecule has 6 heteroatoms. The summed E-state index contributed by atoms with van der Waals surface area (Å²) >= 11 is 20.4. The molecule has 0 aliphatic heterocycles. The Hall–Kier alpha value is -0.0300. The largest absolute Gasteiger partial charge is 0.491 e. The highest BCUT2D eigenvalue weighted by atomic mass is 79.9. The predicted octanol–water partition coefficient (Wildman–Crippen LogP) is 4.59. The Morgan fingerprint density at radius 1 is 1.39 bits per heavy atom. The second-order valence-corrected chi connectivity index (χ2v) is 6.82. The summed E-state index contributed by atoms with van der Waals surface area (Å²) in [6.45, 7) is 0.571. The third kappa shape index (κ3) is 3.50. The number of nitrogens with two attached hydrogens (primary N) is 1. The first-order valence-corrected chi connectivity index (χ1v) is 7.43. The number of ether oxygens (including phenoxy) is 1. The zero-order chi connectivity index (χ0) is 13.3. The lowest BCUT2D eigenvalue weighted by Gasteiger charge is -2.16. The average molecular weight is 369 g/mol. The van der Waals surface area contributed by atoms with Crippen LogP contribution in [-0.4, -0.2) is 11.6 Å². The van der Waals surface area contributed by atoms with Crippen molar-refractivity contribution in [3.63, 3.8) is 0 Å². The number of hydrogen-bond donors (Lipinski definition) is 1. The second kappa shape index (κ2) is 5.53. The van der Waals surface area contributed by atoms with Crippen LogP contribution in [0.4, 0.5) is 0 Å². The van der Waals surface area contributed by atoms with Crippen LogP contribution < -0.4 is 10.5 Å². The molecule has 0 unspecified atom stereocenters. The number of benzene rings is 1. The van der Waals surface area contributed by atoms with Crippen LogP contribution in [0.5, 0.6) is 5.75 Å². The Morgan fingerprint density at radius 3 is 2.61 bits per heavy atom. The van der Waals surface area contributed by atoms with E-state index in [-0.39, 0.29) is 5.41 Å². The number of thiocarbonyl (C=S) groups is 1. The molecular weight excluding hydrogens is 357 g/mol. The van der Waals surface area contributed by atoms with Gasteiger partial charge in [0.1, 0.15) is 5.75 Å². The van der Waals surface area contributed by atoms with Gasteiger partial charge in [-0.3, -0.25) is 0 Å². The lowest BCUT2D eigenvalue weighted by molar-refractivity contribution is 0.239. The van der Waals surface area contributed by atoms with Crippen LogP contribution in [0.2, 0.25) is 10.0 Å². The lowest BCUT2D eigenvalue weighted by Crippen LogP contribution is -2.21. The molecule has 0 atom stereocenters. The predicted molar refractivity (Wildman–Crippen MR) is 82.7 cm³/mol. The molecule has 1 aliphatic rings. The summed E-state index contributed by atoms with van der Waals surface area (Å²) in [4.78, 5) is 0.538. The van der Waals surface area contributed by atoms with E-state index >= 15 is 0 Å². The molecule has 2 N–H and O–H groups in total. The van der Waals surface area contributed by atoms with Crippen molar-refractivity contribution in [2.45, 2.75) is 19.3 Å². The molecule has 0 radical (unpaired) electrons. The monoisotopic (exact) mass is 367 g/mol. The fourth-order valence-electron chi connectivity index (χ4n) is 1.76. The van der Waals surface area contributed by atoms with Gasteiger partial charge in [0.15, 0.2) is 0 Å². The fraction of sp³-hybridized carbons (Fsp3) is 0.417. The van der Waals surface area contributed by atoms with E-state index in [1.807, 2.05) is 0 Å². The van der Waals surface area contributed by atoms with Crippen molar-refractivity contribution in [3.05, 3.63) is 26.7 Å². The summed E-state index contributed by atoms with van der Waals surface area (Å²) in [6.07, 6.45) is 2.91. The van der Waals surface area contributed by atoms with Crippen molar-refractivity contribution in [2.75, 3.05) is 6.61 Å². The Bertz CT molecular complexity index is 491. The van der Waals surface area contributed by atoms with Crippen LogP contribution in [0.25, 0.3) is 0 Å². The first-order chi connectivity index (χ1) is 8.42. The summed E-state index contributed by atoms with van der Waals surface area (Å²) in [7, 11) is 0. The highest BCUT2D eigenvalue weighted by Crippen LogP contribution is 2.49. The van der Waals surface area contributed by atoms with Gasteiger partial charge in [-0.05, 0) is 34.8 Å². The van der Waals surface area contributed by atoms with Gasteiger partial charge in [0.25, 0.3) is 0 Å². The fourth-order valence-corrected chi connectivity index (χ4v) is 2.92. The average Bonchev–Trinajstić information content (AvgIpc) is 3.01. The molecule has 1 aromatic carbocycles. The molecule has 1 fully saturated rings. The first kappa shape index (κ1) is 14.4. The van der Waals surface area contributed by atoms with E-state index in [1.165, 1.54) is 0 Å². The molecule has 0 saturated heterocycles. The van der Waals surface area contributed by atoms with Crippen molar-refractivity contribution < 1.29 is 4.74 Å². The molecule has 98 valence electrons. The van der Waals surface area contributed by atoms with E-state index in [0.29, 0.717) is 27.4 Å². The molecule has 0 aromatic heterocycles. The maximum atomic E-state index is 6.09. The molecule has 0 spiro atoms. The maximum absolute atomic E-state index is 6.09. The smallest absolute Gasteiger partial charge is 0.139 e. The van der Waals surface area contributed by atoms with Crippen molar-refractivity contribution in [3.8, 4) is 5.75 Å². The molecular formula is C12H12BrCl2NOS. The van der Waals surface area contributed by atoms with Gasteiger partial charge in [-0.15, -0.1) is 0 Å². The third-order valence-electron chi connectivity index (χ3n) is 3.02.